The Morgan fingerprint density at radius 2 is 2.20 bits per heavy atom. The number of pyridine rings is 1. The third-order valence-corrected chi connectivity index (χ3v) is 4.97. The summed E-state index contributed by atoms with van der Waals surface area (Å²) in [7, 11) is 0. The predicted molar refractivity (Wildman–Crippen MR) is 93.0 cm³/mol. The van der Waals surface area contributed by atoms with Crippen LogP contribution in [0.1, 0.15) is 20.8 Å². The summed E-state index contributed by atoms with van der Waals surface area (Å²) in [5, 5.41) is 3.05. The van der Waals surface area contributed by atoms with Gasteiger partial charge < -0.3 is 15.8 Å². The Hall–Kier alpha value is -2.94. The highest BCUT2D eigenvalue weighted by molar-refractivity contribution is 7.16. The molecule has 8 nitrogen and oxygen atoms in total. The smallest absolute Gasteiger partial charge is 0.266 e. The Morgan fingerprint density at radius 1 is 1.44 bits per heavy atom. The second-order valence-corrected chi connectivity index (χ2v) is 6.72. The maximum absolute atomic E-state index is 12.4. The molecular weight excluding hydrogens is 344 g/mol. The molecule has 3 heterocycles. The lowest BCUT2D eigenvalue weighted by atomic mass is 10.1. The van der Waals surface area contributed by atoms with Crippen molar-refractivity contribution in [3.63, 3.8) is 0 Å². The number of aromatic nitrogens is 1. The monoisotopic (exact) mass is 360 g/mol. The van der Waals surface area contributed by atoms with Gasteiger partial charge in [-0.15, -0.1) is 11.3 Å². The third kappa shape index (κ3) is 3.18. The normalized spacial score (nSPS) is 13.2. The summed E-state index contributed by atoms with van der Waals surface area (Å²) >= 11 is 1.27. The SMILES string of the molecule is Cc1sc(NC(=O)CN2C(=O)COc3cccnc32)c(C(N)=O)c1C. The van der Waals surface area contributed by atoms with E-state index in [2.05, 4.69) is 10.3 Å². The van der Waals surface area contributed by atoms with Gasteiger partial charge in [0.05, 0.1) is 5.56 Å². The Labute approximate surface area is 147 Å². The molecule has 3 N–H and O–H groups in total. The lowest BCUT2D eigenvalue weighted by molar-refractivity contribution is -0.123. The molecule has 0 spiro atoms. The number of nitrogens with two attached hydrogens (primary N) is 1. The fourth-order valence-corrected chi connectivity index (χ4v) is 3.60. The van der Waals surface area contributed by atoms with Crippen molar-refractivity contribution in [2.75, 3.05) is 23.4 Å². The number of carbonyl (C=O) groups is 3. The Bertz CT molecular complexity index is 877. The summed E-state index contributed by atoms with van der Waals surface area (Å²) in [5.74, 6) is -0.685. The van der Waals surface area contributed by atoms with Crippen molar-refractivity contribution in [3.05, 3.63) is 34.3 Å². The van der Waals surface area contributed by atoms with E-state index in [0.717, 1.165) is 10.4 Å². The molecule has 25 heavy (non-hydrogen) atoms. The molecule has 3 amide bonds. The van der Waals surface area contributed by atoms with Gasteiger partial charge in [-0.2, -0.15) is 0 Å². The number of nitrogens with one attached hydrogen (secondary N) is 1. The highest BCUT2D eigenvalue weighted by Crippen LogP contribution is 2.32. The number of fused-ring (bicyclic) bond motifs is 1. The first kappa shape index (κ1) is 16.9. The summed E-state index contributed by atoms with van der Waals surface area (Å²) in [6, 6.07) is 3.36. The molecule has 9 heteroatoms. The number of amides is 3. The van der Waals surface area contributed by atoms with Crippen molar-refractivity contribution >= 4 is 39.9 Å². The molecule has 0 radical (unpaired) electrons. The molecule has 0 atom stereocenters. The van der Waals surface area contributed by atoms with Gasteiger partial charge in [0.15, 0.2) is 18.2 Å². The molecule has 0 aliphatic carbocycles. The fourth-order valence-electron chi connectivity index (χ4n) is 2.52. The van der Waals surface area contributed by atoms with Gasteiger partial charge in [-0.1, -0.05) is 0 Å². The van der Waals surface area contributed by atoms with Gasteiger partial charge in [-0.25, -0.2) is 4.98 Å². The first-order chi connectivity index (χ1) is 11.9. The van der Waals surface area contributed by atoms with Gasteiger partial charge in [0.2, 0.25) is 5.91 Å². The average molecular weight is 360 g/mol. The summed E-state index contributed by atoms with van der Waals surface area (Å²) < 4.78 is 5.29. The van der Waals surface area contributed by atoms with Crippen molar-refractivity contribution in [2.45, 2.75) is 13.8 Å². The molecule has 0 saturated heterocycles. The zero-order chi connectivity index (χ0) is 18.1. The van der Waals surface area contributed by atoms with E-state index in [0.29, 0.717) is 22.1 Å². The van der Waals surface area contributed by atoms with Crippen LogP contribution in [0, 0.1) is 13.8 Å². The summed E-state index contributed by atoms with van der Waals surface area (Å²) in [4.78, 5) is 42.4. The number of nitrogens with zero attached hydrogens (tertiary/aromatic N) is 2. The predicted octanol–water partition coefficient (Wildman–Crippen LogP) is 1.22. The first-order valence-electron chi connectivity index (χ1n) is 7.46. The van der Waals surface area contributed by atoms with E-state index in [9.17, 15) is 14.4 Å². The van der Waals surface area contributed by atoms with E-state index >= 15 is 0 Å². The topological polar surface area (TPSA) is 115 Å². The van der Waals surface area contributed by atoms with Crippen LogP contribution in [0.5, 0.6) is 5.75 Å². The standard InChI is InChI=1S/C16H16N4O4S/c1-8-9(2)25-16(13(8)14(17)23)19-11(21)6-20-12(22)7-24-10-4-3-5-18-15(10)20/h3-5H,6-7H2,1-2H3,(H2,17,23)(H,19,21). The first-order valence-corrected chi connectivity index (χ1v) is 8.28. The van der Waals surface area contributed by atoms with Gasteiger partial charge in [0.25, 0.3) is 11.8 Å². The number of aryl methyl sites for hydroxylation is 1. The van der Waals surface area contributed by atoms with Gasteiger partial charge in [0, 0.05) is 11.1 Å². The number of primary amides is 1. The number of hydrogen-bond acceptors (Lipinski definition) is 6. The van der Waals surface area contributed by atoms with Crippen LogP contribution in [-0.4, -0.2) is 35.9 Å². The zero-order valence-corrected chi connectivity index (χ0v) is 14.5. The van der Waals surface area contributed by atoms with E-state index in [1.807, 2.05) is 6.92 Å². The third-order valence-electron chi connectivity index (χ3n) is 3.85. The van der Waals surface area contributed by atoms with Crippen molar-refractivity contribution < 1.29 is 19.1 Å². The molecule has 0 unspecified atom stereocenters. The second kappa shape index (κ2) is 6.52. The maximum atomic E-state index is 12.4. The van der Waals surface area contributed by atoms with E-state index in [1.54, 1.807) is 19.1 Å². The lowest BCUT2D eigenvalue weighted by Gasteiger charge is -2.27. The number of carbonyl (C=O) groups excluding carboxylic acids is 3. The number of anilines is 2. The van der Waals surface area contributed by atoms with Crippen LogP contribution in [-0.2, 0) is 9.59 Å². The molecule has 1 aliphatic rings. The average Bonchev–Trinajstić information content (AvgIpc) is 2.84. The zero-order valence-electron chi connectivity index (χ0n) is 13.7. The molecule has 2 aromatic rings. The van der Waals surface area contributed by atoms with Crippen LogP contribution in [0.3, 0.4) is 0 Å². The molecule has 130 valence electrons. The largest absolute Gasteiger partial charge is 0.480 e. The highest BCUT2D eigenvalue weighted by Gasteiger charge is 2.29. The lowest BCUT2D eigenvalue weighted by Crippen LogP contribution is -2.44. The van der Waals surface area contributed by atoms with Gasteiger partial charge in [0.1, 0.15) is 11.5 Å². The van der Waals surface area contributed by atoms with Crippen LogP contribution in [0.25, 0.3) is 0 Å². The highest BCUT2D eigenvalue weighted by atomic mass is 32.1. The van der Waals surface area contributed by atoms with Gasteiger partial charge >= 0.3 is 0 Å². The van der Waals surface area contributed by atoms with Crippen LogP contribution in [0.15, 0.2) is 18.3 Å². The Kier molecular flexibility index (Phi) is 4.41. The molecular formula is C16H16N4O4S. The number of ether oxygens (including phenoxy) is 1. The molecule has 0 aromatic carbocycles. The van der Waals surface area contributed by atoms with Crippen molar-refractivity contribution in [1.29, 1.82) is 0 Å². The fraction of sp³-hybridized carbons (Fsp3) is 0.250. The van der Waals surface area contributed by atoms with Crippen molar-refractivity contribution in [2.24, 2.45) is 5.73 Å². The summed E-state index contributed by atoms with van der Waals surface area (Å²) in [6.07, 6.45) is 1.52. The van der Waals surface area contributed by atoms with E-state index in [1.165, 1.54) is 22.4 Å². The molecule has 0 fully saturated rings. The molecule has 0 bridgehead atoms. The summed E-state index contributed by atoms with van der Waals surface area (Å²) in [5.41, 5.74) is 6.43. The minimum atomic E-state index is -0.605. The van der Waals surface area contributed by atoms with E-state index in [4.69, 9.17) is 10.5 Å². The number of thiophene rings is 1. The molecule has 3 rings (SSSR count). The minimum Gasteiger partial charge on any atom is -0.480 e. The van der Waals surface area contributed by atoms with Crippen LogP contribution in [0.2, 0.25) is 0 Å². The van der Waals surface area contributed by atoms with Crippen LogP contribution in [0.4, 0.5) is 10.8 Å². The van der Waals surface area contributed by atoms with Crippen molar-refractivity contribution in [1.82, 2.24) is 4.98 Å². The van der Waals surface area contributed by atoms with Crippen molar-refractivity contribution in [3.8, 4) is 5.75 Å². The number of hydrogen-bond donors (Lipinski definition) is 2. The van der Waals surface area contributed by atoms with Crippen LogP contribution >= 0.6 is 11.3 Å². The molecule has 1 aliphatic heterocycles. The maximum Gasteiger partial charge on any atom is 0.266 e. The van der Waals surface area contributed by atoms with Crippen LogP contribution < -0.4 is 20.7 Å². The Morgan fingerprint density at radius 3 is 2.92 bits per heavy atom. The van der Waals surface area contributed by atoms with E-state index in [-0.39, 0.29) is 19.1 Å². The summed E-state index contributed by atoms with van der Waals surface area (Å²) in [6.45, 7) is 3.22. The number of rotatable bonds is 4. The van der Waals surface area contributed by atoms with Gasteiger partial charge in [-0.05, 0) is 31.5 Å². The molecule has 2 aromatic heterocycles. The Balaban J connectivity index is 1.81. The second-order valence-electron chi connectivity index (χ2n) is 5.49. The van der Waals surface area contributed by atoms with E-state index < -0.39 is 11.8 Å². The quantitative estimate of drug-likeness (QED) is 0.851. The minimum absolute atomic E-state index is 0.157. The van der Waals surface area contributed by atoms with Gasteiger partial charge in [-0.3, -0.25) is 19.3 Å². The molecule has 0 saturated carbocycles.